The quantitative estimate of drug-likeness (QED) is 0.797. The van der Waals surface area contributed by atoms with Crippen LogP contribution < -0.4 is 5.32 Å². The van der Waals surface area contributed by atoms with Crippen molar-refractivity contribution in [3.05, 3.63) is 0 Å². The van der Waals surface area contributed by atoms with Gasteiger partial charge in [0, 0.05) is 26.2 Å². The third kappa shape index (κ3) is 1.85. The summed E-state index contributed by atoms with van der Waals surface area (Å²) in [5.74, 6) is 1.31. The minimum atomic E-state index is 0.000255. The molecular weight excluding hydrogens is 248 g/mol. The van der Waals surface area contributed by atoms with E-state index in [4.69, 9.17) is 0 Å². The topological polar surface area (TPSA) is 32.3 Å². The number of hydrogen-bond acceptors (Lipinski definition) is 2. The highest BCUT2D eigenvalue weighted by Crippen LogP contribution is 2.69. The highest BCUT2D eigenvalue weighted by molar-refractivity contribution is 5.83. The number of carbonyl (C=O) groups excluding carboxylic acids is 1. The van der Waals surface area contributed by atoms with Crippen molar-refractivity contribution in [2.45, 2.75) is 52.4 Å². The van der Waals surface area contributed by atoms with Crippen LogP contribution in [-0.2, 0) is 4.79 Å². The molecule has 2 unspecified atom stereocenters. The molecule has 1 heterocycles. The van der Waals surface area contributed by atoms with Crippen molar-refractivity contribution in [3.63, 3.8) is 0 Å². The Morgan fingerprint density at radius 1 is 1.00 bits per heavy atom. The molecule has 0 aromatic rings. The molecule has 1 saturated heterocycles. The van der Waals surface area contributed by atoms with E-state index in [0.717, 1.165) is 44.9 Å². The van der Waals surface area contributed by atoms with Gasteiger partial charge in [0.25, 0.3) is 0 Å². The molecule has 5 aliphatic rings. The molecule has 4 saturated carbocycles. The second kappa shape index (κ2) is 4.00. The lowest BCUT2D eigenvalue weighted by Gasteiger charge is -2.65. The van der Waals surface area contributed by atoms with Crippen LogP contribution in [0.25, 0.3) is 0 Å². The molecule has 0 radical (unpaired) electrons. The van der Waals surface area contributed by atoms with Crippen molar-refractivity contribution in [1.82, 2.24) is 10.2 Å². The molecule has 20 heavy (non-hydrogen) atoms. The van der Waals surface area contributed by atoms with E-state index < -0.39 is 0 Å². The molecule has 2 atom stereocenters. The Bertz CT molecular complexity index is 422. The Labute approximate surface area is 122 Å². The molecule has 5 rings (SSSR count). The third-order valence-corrected chi connectivity index (χ3v) is 6.48. The molecule has 3 nitrogen and oxygen atoms in total. The van der Waals surface area contributed by atoms with Gasteiger partial charge in [-0.3, -0.25) is 4.79 Å². The number of rotatable bonds is 1. The van der Waals surface area contributed by atoms with Gasteiger partial charge in [0.15, 0.2) is 0 Å². The molecule has 4 bridgehead atoms. The van der Waals surface area contributed by atoms with Crippen LogP contribution in [0.4, 0.5) is 0 Å². The van der Waals surface area contributed by atoms with Gasteiger partial charge in [-0.05, 0) is 55.3 Å². The van der Waals surface area contributed by atoms with Crippen LogP contribution in [0.2, 0.25) is 0 Å². The first-order chi connectivity index (χ1) is 9.42. The Hall–Kier alpha value is -0.570. The summed E-state index contributed by atoms with van der Waals surface area (Å²) in [4.78, 5) is 15.4. The average Bonchev–Trinajstić information content (AvgIpc) is 2.34. The van der Waals surface area contributed by atoms with Crippen LogP contribution in [-0.4, -0.2) is 37.0 Å². The smallest absolute Gasteiger partial charge is 0.228 e. The second-order valence-corrected chi connectivity index (χ2v) is 8.95. The zero-order valence-corrected chi connectivity index (χ0v) is 13.0. The van der Waals surface area contributed by atoms with Crippen molar-refractivity contribution in [3.8, 4) is 0 Å². The van der Waals surface area contributed by atoms with Crippen LogP contribution in [0.15, 0.2) is 0 Å². The summed E-state index contributed by atoms with van der Waals surface area (Å²) in [6, 6.07) is 0. The fourth-order valence-corrected chi connectivity index (χ4v) is 6.89. The van der Waals surface area contributed by atoms with Crippen molar-refractivity contribution in [2.24, 2.45) is 22.2 Å². The van der Waals surface area contributed by atoms with Gasteiger partial charge >= 0.3 is 0 Å². The summed E-state index contributed by atoms with van der Waals surface area (Å²) in [6.07, 6.45) is 7.61. The number of carbonyl (C=O) groups is 1. The first kappa shape index (κ1) is 13.1. The fourth-order valence-electron chi connectivity index (χ4n) is 6.89. The molecule has 5 fully saturated rings. The minimum Gasteiger partial charge on any atom is -0.340 e. The summed E-state index contributed by atoms with van der Waals surface area (Å²) >= 11 is 0. The zero-order valence-electron chi connectivity index (χ0n) is 13.0. The molecule has 4 aliphatic carbocycles. The predicted octanol–water partition coefficient (Wildman–Crippen LogP) is 2.41. The van der Waals surface area contributed by atoms with Gasteiger partial charge in [0.05, 0.1) is 5.41 Å². The maximum absolute atomic E-state index is 13.2. The van der Waals surface area contributed by atoms with Gasteiger partial charge < -0.3 is 10.2 Å². The van der Waals surface area contributed by atoms with Crippen LogP contribution in [0, 0.1) is 22.2 Å². The summed E-state index contributed by atoms with van der Waals surface area (Å²) in [5, 5.41) is 3.36. The van der Waals surface area contributed by atoms with Crippen LogP contribution in [0.1, 0.15) is 52.4 Å². The van der Waals surface area contributed by atoms with Gasteiger partial charge in [-0.25, -0.2) is 0 Å². The average molecular weight is 276 g/mol. The fraction of sp³-hybridized carbons (Fsp3) is 0.941. The number of piperazine rings is 1. The van der Waals surface area contributed by atoms with Gasteiger partial charge in [0.2, 0.25) is 5.91 Å². The number of amides is 1. The minimum absolute atomic E-state index is 0.000255. The van der Waals surface area contributed by atoms with Gasteiger partial charge in [-0.2, -0.15) is 0 Å². The van der Waals surface area contributed by atoms with E-state index in [1.807, 2.05) is 0 Å². The molecule has 0 aromatic carbocycles. The van der Waals surface area contributed by atoms with Crippen LogP contribution in [0.5, 0.6) is 0 Å². The first-order valence-corrected chi connectivity index (χ1v) is 8.42. The molecule has 0 spiro atoms. The van der Waals surface area contributed by atoms with Gasteiger partial charge in [-0.15, -0.1) is 0 Å². The van der Waals surface area contributed by atoms with E-state index in [0.29, 0.717) is 16.7 Å². The zero-order chi connectivity index (χ0) is 14.0. The molecule has 1 amide bonds. The largest absolute Gasteiger partial charge is 0.340 e. The van der Waals surface area contributed by atoms with Gasteiger partial charge in [0.1, 0.15) is 0 Å². The maximum atomic E-state index is 13.2. The lowest BCUT2D eigenvalue weighted by molar-refractivity contribution is -0.179. The molecule has 1 aliphatic heterocycles. The normalized spacial score (nSPS) is 50.5. The van der Waals surface area contributed by atoms with E-state index in [1.165, 1.54) is 25.7 Å². The summed E-state index contributed by atoms with van der Waals surface area (Å²) in [7, 11) is 0. The SMILES string of the molecule is CC12CC3CC(C)(C1)CC(C(=O)N1CCNCC1)(C3)C2. The molecule has 112 valence electrons. The summed E-state index contributed by atoms with van der Waals surface area (Å²) in [6.45, 7) is 8.68. The Morgan fingerprint density at radius 3 is 2.15 bits per heavy atom. The van der Waals surface area contributed by atoms with E-state index in [2.05, 4.69) is 24.1 Å². The van der Waals surface area contributed by atoms with Crippen LogP contribution in [0.3, 0.4) is 0 Å². The molecule has 3 heteroatoms. The highest BCUT2D eigenvalue weighted by atomic mass is 16.2. The maximum Gasteiger partial charge on any atom is 0.228 e. The Morgan fingerprint density at radius 2 is 1.60 bits per heavy atom. The standard InChI is InChI=1S/C17H28N2O/c1-15-7-13-8-16(2,10-15)12-17(9-13,11-15)14(20)19-5-3-18-4-6-19/h13,18H,3-12H2,1-2H3. The van der Waals surface area contributed by atoms with Crippen molar-refractivity contribution in [1.29, 1.82) is 0 Å². The van der Waals surface area contributed by atoms with Crippen molar-refractivity contribution < 1.29 is 4.79 Å². The number of nitrogens with zero attached hydrogens (tertiary/aromatic N) is 1. The monoisotopic (exact) mass is 276 g/mol. The van der Waals surface area contributed by atoms with Gasteiger partial charge in [-0.1, -0.05) is 13.8 Å². The molecular formula is C17H28N2O. The van der Waals surface area contributed by atoms with Crippen LogP contribution >= 0.6 is 0 Å². The van der Waals surface area contributed by atoms with Crippen molar-refractivity contribution in [2.75, 3.05) is 26.2 Å². The van der Waals surface area contributed by atoms with E-state index >= 15 is 0 Å². The van der Waals surface area contributed by atoms with E-state index in [9.17, 15) is 4.79 Å². The number of hydrogen-bond donors (Lipinski definition) is 1. The number of nitrogens with one attached hydrogen (secondary N) is 1. The Kier molecular flexibility index (Phi) is 2.62. The summed E-state index contributed by atoms with van der Waals surface area (Å²) in [5.41, 5.74) is 0.885. The molecule has 1 N–H and O–H groups in total. The summed E-state index contributed by atoms with van der Waals surface area (Å²) < 4.78 is 0. The molecule has 0 aromatic heterocycles. The Balaban J connectivity index is 1.64. The first-order valence-electron chi connectivity index (χ1n) is 8.42. The van der Waals surface area contributed by atoms with E-state index in [1.54, 1.807) is 0 Å². The highest BCUT2D eigenvalue weighted by Gasteiger charge is 2.63. The lowest BCUT2D eigenvalue weighted by Crippen LogP contribution is -2.61. The van der Waals surface area contributed by atoms with E-state index in [-0.39, 0.29) is 5.41 Å². The lowest BCUT2D eigenvalue weighted by atomic mass is 9.40. The third-order valence-electron chi connectivity index (χ3n) is 6.48. The predicted molar refractivity (Wildman–Crippen MR) is 79.3 cm³/mol. The second-order valence-electron chi connectivity index (χ2n) is 8.95. The van der Waals surface area contributed by atoms with Crippen molar-refractivity contribution >= 4 is 5.91 Å².